The molecule has 2 heterocycles. The standard InChI is InChI=1S/C19H24F2N4O3/c1-13-15(11-23(2)22-13)12-24-6-8-25(9-7-24)18(26)14-4-5-16(28-19(20)21)17(10-14)27-3/h4-5,10-11,19H,6-9,12H2,1-3H3. The molecule has 1 aliphatic rings. The van der Waals surface area contributed by atoms with Gasteiger partial charge in [0.1, 0.15) is 0 Å². The van der Waals surface area contributed by atoms with Crippen molar-refractivity contribution in [2.45, 2.75) is 20.1 Å². The van der Waals surface area contributed by atoms with Crippen molar-refractivity contribution in [2.24, 2.45) is 7.05 Å². The number of carbonyl (C=O) groups is 1. The van der Waals surface area contributed by atoms with Gasteiger partial charge in [-0.2, -0.15) is 13.9 Å². The second-order valence-electron chi connectivity index (χ2n) is 6.73. The van der Waals surface area contributed by atoms with Crippen LogP contribution in [0.2, 0.25) is 0 Å². The van der Waals surface area contributed by atoms with E-state index in [1.807, 2.05) is 20.2 Å². The Labute approximate surface area is 162 Å². The Morgan fingerprint density at radius 1 is 1.21 bits per heavy atom. The molecule has 9 heteroatoms. The largest absolute Gasteiger partial charge is 0.493 e. The van der Waals surface area contributed by atoms with Gasteiger partial charge in [-0.1, -0.05) is 0 Å². The number of rotatable bonds is 6. The highest BCUT2D eigenvalue weighted by atomic mass is 19.3. The van der Waals surface area contributed by atoms with Gasteiger partial charge in [0, 0.05) is 57.1 Å². The van der Waals surface area contributed by atoms with Crippen LogP contribution in [0.15, 0.2) is 24.4 Å². The van der Waals surface area contributed by atoms with Gasteiger partial charge in [0.05, 0.1) is 12.8 Å². The number of aromatic nitrogens is 2. The molecule has 0 N–H and O–H groups in total. The summed E-state index contributed by atoms with van der Waals surface area (Å²) in [6.45, 7) is 2.53. The summed E-state index contributed by atoms with van der Waals surface area (Å²) in [6, 6.07) is 4.25. The predicted octanol–water partition coefficient (Wildman–Crippen LogP) is 2.30. The molecule has 1 aromatic heterocycles. The maximum atomic E-state index is 12.8. The van der Waals surface area contributed by atoms with Crippen LogP contribution in [0.4, 0.5) is 8.78 Å². The summed E-state index contributed by atoms with van der Waals surface area (Å²) in [7, 11) is 3.25. The molecule has 0 bridgehead atoms. The van der Waals surface area contributed by atoms with Crippen LogP contribution < -0.4 is 9.47 Å². The number of carbonyl (C=O) groups excluding carboxylic acids is 1. The first-order valence-electron chi connectivity index (χ1n) is 9.01. The maximum absolute atomic E-state index is 12.8. The number of piperazine rings is 1. The number of ether oxygens (including phenoxy) is 2. The molecule has 1 aromatic carbocycles. The first kappa shape index (κ1) is 20.1. The van der Waals surface area contributed by atoms with E-state index in [1.165, 1.54) is 30.9 Å². The molecule has 3 rings (SSSR count). The molecule has 1 fully saturated rings. The third-order valence-corrected chi connectivity index (χ3v) is 4.80. The highest BCUT2D eigenvalue weighted by Gasteiger charge is 2.24. The van der Waals surface area contributed by atoms with E-state index >= 15 is 0 Å². The molecular weight excluding hydrogens is 370 g/mol. The number of benzene rings is 1. The minimum absolute atomic E-state index is 0.0919. The highest BCUT2D eigenvalue weighted by Crippen LogP contribution is 2.30. The predicted molar refractivity (Wildman–Crippen MR) is 98.8 cm³/mol. The van der Waals surface area contributed by atoms with Gasteiger partial charge in [0.25, 0.3) is 5.91 Å². The zero-order valence-corrected chi connectivity index (χ0v) is 16.2. The lowest BCUT2D eigenvalue weighted by Crippen LogP contribution is -2.48. The summed E-state index contributed by atoms with van der Waals surface area (Å²) in [5, 5.41) is 4.36. The molecule has 0 aliphatic carbocycles. The Bertz CT molecular complexity index is 833. The van der Waals surface area contributed by atoms with Gasteiger partial charge >= 0.3 is 6.61 Å². The van der Waals surface area contributed by atoms with Gasteiger partial charge in [0.2, 0.25) is 0 Å². The van der Waals surface area contributed by atoms with Crippen LogP contribution in [0, 0.1) is 6.92 Å². The second kappa shape index (κ2) is 8.55. The summed E-state index contributed by atoms with van der Waals surface area (Å²) in [5.74, 6) is -0.137. The maximum Gasteiger partial charge on any atom is 0.387 e. The van der Waals surface area contributed by atoms with Gasteiger partial charge in [-0.15, -0.1) is 0 Å². The Balaban J connectivity index is 1.61. The minimum Gasteiger partial charge on any atom is -0.493 e. The molecule has 2 aromatic rings. The van der Waals surface area contributed by atoms with Crippen molar-refractivity contribution in [3.05, 3.63) is 41.2 Å². The third-order valence-electron chi connectivity index (χ3n) is 4.80. The van der Waals surface area contributed by atoms with Crippen LogP contribution in [-0.2, 0) is 13.6 Å². The summed E-state index contributed by atoms with van der Waals surface area (Å²) < 4.78 is 36.2. The van der Waals surface area contributed by atoms with Crippen molar-refractivity contribution in [3.63, 3.8) is 0 Å². The van der Waals surface area contributed by atoms with Crippen LogP contribution in [-0.4, -0.2) is 65.4 Å². The van der Waals surface area contributed by atoms with Crippen LogP contribution in [0.1, 0.15) is 21.6 Å². The number of aryl methyl sites for hydroxylation is 2. The third kappa shape index (κ3) is 4.59. The molecule has 1 amide bonds. The Kier molecular flexibility index (Phi) is 6.13. The SMILES string of the molecule is COc1cc(C(=O)N2CCN(Cc3cn(C)nc3C)CC2)ccc1OC(F)F. The number of methoxy groups -OCH3 is 1. The van der Waals surface area contributed by atoms with Crippen molar-refractivity contribution in [2.75, 3.05) is 33.3 Å². The van der Waals surface area contributed by atoms with Crippen molar-refractivity contribution in [3.8, 4) is 11.5 Å². The van der Waals surface area contributed by atoms with E-state index in [0.717, 1.165) is 25.3 Å². The number of alkyl halides is 2. The van der Waals surface area contributed by atoms with Gasteiger partial charge in [-0.05, 0) is 25.1 Å². The zero-order chi connectivity index (χ0) is 20.3. The molecule has 1 saturated heterocycles. The van der Waals surface area contributed by atoms with E-state index in [-0.39, 0.29) is 17.4 Å². The molecule has 7 nitrogen and oxygen atoms in total. The zero-order valence-electron chi connectivity index (χ0n) is 16.2. The van der Waals surface area contributed by atoms with E-state index in [4.69, 9.17) is 4.74 Å². The van der Waals surface area contributed by atoms with Crippen molar-refractivity contribution in [1.82, 2.24) is 19.6 Å². The van der Waals surface area contributed by atoms with Gasteiger partial charge in [-0.3, -0.25) is 14.4 Å². The molecular formula is C19H24F2N4O3. The highest BCUT2D eigenvalue weighted by molar-refractivity contribution is 5.95. The fraction of sp³-hybridized carbons (Fsp3) is 0.474. The minimum atomic E-state index is -2.95. The quantitative estimate of drug-likeness (QED) is 0.753. The first-order chi connectivity index (χ1) is 13.4. The number of nitrogens with zero attached hydrogens (tertiary/aromatic N) is 4. The molecule has 28 heavy (non-hydrogen) atoms. The number of hydrogen-bond donors (Lipinski definition) is 0. The normalized spacial score (nSPS) is 15.1. The van der Waals surface area contributed by atoms with Crippen LogP contribution >= 0.6 is 0 Å². The molecule has 0 radical (unpaired) electrons. The van der Waals surface area contributed by atoms with Gasteiger partial charge < -0.3 is 14.4 Å². The number of halogens is 2. The molecule has 0 unspecified atom stereocenters. The lowest BCUT2D eigenvalue weighted by molar-refractivity contribution is -0.0512. The molecule has 0 saturated carbocycles. The van der Waals surface area contributed by atoms with Crippen molar-refractivity contribution in [1.29, 1.82) is 0 Å². The Morgan fingerprint density at radius 3 is 2.50 bits per heavy atom. The average molecular weight is 394 g/mol. The summed E-state index contributed by atoms with van der Waals surface area (Å²) in [5.41, 5.74) is 2.58. The molecule has 152 valence electrons. The van der Waals surface area contributed by atoms with E-state index in [0.29, 0.717) is 18.7 Å². The van der Waals surface area contributed by atoms with E-state index < -0.39 is 6.61 Å². The first-order valence-corrected chi connectivity index (χ1v) is 9.01. The Morgan fingerprint density at radius 2 is 1.93 bits per heavy atom. The molecule has 0 atom stereocenters. The Hall–Kier alpha value is -2.68. The number of hydrogen-bond acceptors (Lipinski definition) is 5. The van der Waals surface area contributed by atoms with Crippen molar-refractivity contribution < 1.29 is 23.0 Å². The van der Waals surface area contributed by atoms with Crippen LogP contribution in [0.3, 0.4) is 0 Å². The lowest BCUT2D eigenvalue weighted by atomic mass is 10.1. The monoisotopic (exact) mass is 394 g/mol. The topological polar surface area (TPSA) is 59.8 Å². The van der Waals surface area contributed by atoms with E-state index in [9.17, 15) is 13.6 Å². The fourth-order valence-corrected chi connectivity index (χ4v) is 3.33. The second-order valence-corrected chi connectivity index (χ2v) is 6.73. The number of amides is 1. The smallest absolute Gasteiger partial charge is 0.387 e. The van der Waals surface area contributed by atoms with Crippen molar-refractivity contribution >= 4 is 5.91 Å². The van der Waals surface area contributed by atoms with Crippen LogP contribution in [0.5, 0.6) is 11.5 Å². The average Bonchev–Trinajstić information content (AvgIpc) is 2.98. The molecule has 0 spiro atoms. The van der Waals surface area contributed by atoms with E-state index in [1.54, 1.807) is 9.58 Å². The summed E-state index contributed by atoms with van der Waals surface area (Å²) in [4.78, 5) is 16.8. The summed E-state index contributed by atoms with van der Waals surface area (Å²) in [6.07, 6.45) is 2.02. The van der Waals surface area contributed by atoms with Crippen LogP contribution in [0.25, 0.3) is 0 Å². The van der Waals surface area contributed by atoms with E-state index in [2.05, 4.69) is 14.7 Å². The lowest BCUT2D eigenvalue weighted by Gasteiger charge is -2.34. The van der Waals surface area contributed by atoms with Gasteiger partial charge in [-0.25, -0.2) is 0 Å². The fourth-order valence-electron chi connectivity index (χ4n) is 3.33. The van der Waals surface area contributed by atoms with Gasteiger partial charge in [0.15, 0.2) is 11.5 Å². The summed E-state index contributed by atoms with van der Waals surface area (Å²) >= 11 is 0. The molecule has 1 aliphatic heterocycles.